The van der Waals surface area contributed by atoms with Crippen molar-refractivity contribution in [1.29, 1.82) is 0 Å². The average molecular weight is 227 g/mol. The first-order valence-electron chi connectivity index (χ1n) is 4.75. The molecule has 0 aliphatic heterocycles. The number of rotatable bonds is 4. The Bertz CT molecular complexity index is 367. The Balaban J connectivity index is 1.81. The maximum absolute atomic E-state index is 11.4. The van der Waals surface area contributed by atoms with E-state index in [0.29, 0.717) is 23.6 Å². The van der Waals surface area contributed by atoms with E-state index in [1.807, 2.05) is 0 Å². The van der Waals surface area contributed by atoms with Gasteiger partial charge in [0.1, 0.15) is 17.3 Å². The van der Waals surface area contributed by atoms with E-state index in [0.717, 1.165) is 12.8 Å². The van der Waals surface area contributed by atoms with Gasteiger partial charge in [0.05, 0.1) is 6.54 Å². The Kier molecular flexibility index (Phi) is 3.13. The summed E-state index contributed by atoms with van der Waals surface area (Å²) >= 11 is 5.65. The fourth-order valence-corrected chi connectivity index (χ4v) is 1.26. The molecule has 15 heavy (non-hydrogen) atoms. The summed E-state index contributed by atoms with van der Waals surface area (Å²) in [6, 6.07) is 2.03. The Morgan fingerprint density at radius 2 is 2.33 bits per heavy atom. The summed E-state index contributed by atoms with van der Waals surface area (Å²) in [5, 5.41) is 6.05. The second-order valence-corrected chi connectivity index (χ2v) is 3.82. The molecule has 0 radical (unpaired) electrons. The van der Waals surface area contributed by atoms with Crippen molar-refractivity contribution in [2.24, 2.45) is 0 Å². The van der Waals surface area contributed by atoms with E-state index >= 15 is 0 Å². The first-order chi connectivity index (χ1) is 7.24. The van der Waals surface area contributed by atoms with Crippen LogP contribution in [0.2, 0.25) is 5.15 Å². The van der Waals surface area contributed by atoms with Gasteiger partial charge >= 0.3 is 0 Å². The average Bonchev–Trinajstić information content (AvgIpc) is 2.98. The first kappa shape index (κ1) is 10.3. The molecule has 0 atom stereocenters. The van der Waals surface area contributed by atoms with Gasteiger partial charge in [-0.25, -0.2) is 9.97 Å². The SMILES string of the molecule is O=C(CNC1CC1)Nc1cc(Cl)ncn1. The Hall–Kier alpha value is -1.20. The summed E-state index contributed by atoms with van der Waals surface area (Å²) in [7, 11) is 0. The summed E-state index contributed by atoms with van der Waals surface area (Å²) in [5.74, 6) is 0.314. The highest BCUT2D eigenvalue weighted by molar-refractivity contribution is 6.29. The molecule has 1 fully saturated rings. The Morgan fingerprint density at radius 1 is 1.53 bits per heavy atom. The van der Waals surface area contributed by atoms with Crippen LogP contribution in [0, 0.1) is 0 Å². The molecule has 1 heterocycles. The lowest BCUT2D eigenvalue weighted by atomic mass is 10.5. The van der Waals surface area contributed by atoms with Gasteiger partial charge in [-0.15, -0.1) is 0 Å². The second-order valence-electron chi connectivity index (χ2n) is 3.43. The minimum absolute atomic E-state index is 0.114. The molecule has 1 aliphatic rings. The van der Waals surface area contributed by atoms with Gasteiger partial charge in [-0.3, -0.25) is 4.79 Å². The number of hydrogen-bond acceptors (Lipinski definition) is 4. The molecule has 1 saturated carbocycles. The normalized spacial score (nSPS) is 15.0. The molecule has 0 saturated heterocycles. The van der Waals surface area contributed by atoms with E-state index in [4.69, 9.17) is 11.6 Å². The van der Waals surface area contributed by atoms with Gasteiger partial charge in [-0.05, 0) is 12.8 Å². The van der Waals surface area contributed by atoms with Crippen LogP contribution in [0.15, 0.2) is 12.4 Å². The van der Waals surface area contributed by atoms with Crippen molar-refractivity contribution in [3.63, 3.8) is 0 Å². The molecule has 1 amide bonds. The second kappa shape index (κ2) is 4.55. The lowest BCUT2D eigenvalue weighted by Crippen LogP contribution is -2.29. The Morgan fingerprint density at radius 3 is 3.00 bits per heavy atom. The molecule has 2 N–H and O–H groups in total. The van der Waals surface area contributed by atoms with Crippen molar-refractivity contribution >= 4 is 23.3 Å². The van der Waals surface area contributed by atoms with Gasteiger partial charge in [0.15, 0.2) is 0 Å². The monoisotopic (exact) mass is 226 g/mol. The van der Waals surface area contributed by atoms with Gasteiger partial charge in [0, 0.05) is 12.1 Å². The fraction of sp³-hybridized carbons (Fsp3) is 0.444. The smallest absolute Gasteiger partial charge is 0.239 e. The summed E-state index contributed by atoms with van der Waals surface area (Å²) in [6.07, 6.45) is 3.63. The van der Waals surface area contributed by atoms with Gasteiger partial charge in [-0.2, -0.15) is 0 Å². The molecule has 1 aliphatic carbocycles. The van der Waals surface area contributed by atoms with Crippen LogP contribution >= 0.6 is 11.6 Å². The van der Waals surface area contributed by atoms with Crippen LogP contribution in [0.25, 0.3) is 0 Å². The van der Waals surface area contributed by atoms with Gasteiger partial charge in [-0.1, -0.05) is 11.6 Å². The summed E-state index contributed by atoms with van der Waals surface area (Å²) in [6.45, 7) is 0.312. The van der Waals surface area contributed by atoms with Crippen LogP contribution in [-0.2, 0) is 4.79 Å². The number of nitrogens with zero attached hydrogens (tertiary/aromatic N) is 2. The van der Waals surface area contributed by atoms with Crippen molar-refractivity contribution < 1.29 is 4.79 Å². The lowest BCUT2D eigenvalue weighted by Gasteiger charge is -2.04. The van der Waals surface area contributed by atoms with Crippen molar-refractivity contribution in [3.05, 3.63) is 17.5 Å². The van der Waals surface area contributed by atoms with E-state index in [1.54, 1.807) is 0 Å². The Labute approximate surface area is 92.3 Å². The fourth-order valence-electron chi connectivity index (χ4n) is 1.11. The molecule has 80 valence electrons. The predicted octanol–water partition coefficient (Wildman–Crippen LogP) is 0.820. The van der Waals surface area contributed by atoms with Crippen LogP contribution in [0.4, 0.5) is 5.82 Å². The number of aromatic nitrogens is 2. The van der Waals surface area contributed by atoms with Crippen molar-refractivity contribution in [3.8, 4) is 0 Å². The van der Waals surface area contributed by atoms with E-state index in [2.05, 4.69) is 20.6 Å². The largest absolute Gasteiger partial charge is 0.309 e. The molecule has 6 heteroatoms. The molecule has 0 unspecified atom stereocenters. The molecular formula is C9H11ClN4O. The maximum atomic E-state index is 11.4. The lowest BCUT2D eigenvalue weighted by molar-refractivity contribution is -0.115. The molecule has 1 aromatic heterocycles. The van der Waals surface area contributed by atoms with Crippen LogP contribution in [0.1, 0.15) is 12.8 Å². The minimum atomic E-state index is -0.114. The highest BCUT2D eigenvalue weighted by Crippen LogP contribution is 2.18. The first-order valence-corrected chi connectivity index (χ1v) is 5.12. The van der Waals surface area contributed by atoms with E-state index in [1.165, 1.54) is 12.4 Å². The van der Waals surface area contributed by atoms with Crippen molar-refractivity contribution in [2.75, 3.05) is 11.9 Å². The third kappa shape index (κ3) is 3.45. The van der Waals surface area contributed by atoms with Crippen LogP contribution < -0.4 is 10.6 Å². The summed E-state index contributed by atoms with van der Waals surface area (Å²) in [5.41, 5.74) is 0. The number of anilines is 1. The molecule has 0 bridgehead atoms. The molecule has 0 aromatic carbocycles. The zero-order valence-electron chi connectivity index (χ0n) is 8.03. The van der Waals surface area contributed by atoms with Crippen LogP contribution in [0.5, 0.6) is 0 Å². The number of amides is 1. The van der Waals surface area contributed by atoms with Crippen LogP contribution in [0.3, 0.4) is 0 Å². The zero-order chi connectivity index (χ0) is 10.7. The van der Waals surface area contributed by atoms with Crippen molar-refractivity contribution in [1.82, 2.24) is 15.3 Å². The minimum Gasteiger partial charge on any atom is -0.309 e. The number of nitrogens with one attached hydrogen (secondary N) is 2. The molecular weight excluding hydrogens is 216 g/mol. The van der Waals surface area contributed by atoms with Crippen molar-refractivity contribution in [2.45, 2.75) is 18.9 Å². The van der Waals surface area contributed by atoms with Gasteiger partial charge in [0.2, 0.25) is 5.91 Å². The maximum Gasteiger partial charge on any atom is 0.239 e. The standard InChI is InChI=1S/C9H11ClN4O/c10-7-3-8(13-5-12-7)14-9(15)4-11-6-1-2-6/h3,5-6,11H,1-2,4H2,(H,12,13,14,15). The number of carbonyl (C=O) groups is 1. The third-order valence-corrected chi connectivity index (χ3v) is 2.24. The highest BCUT2D eigenvalue weighted by Gasteiger charge is 2.21. The predicted molar refractivity (Wildman–Crippen MR) is 56.7 cm³/mol. The van der Waals surface area contributed by atoms with E-state index in [-0.39, 0.29) is 5.91 Å². The molecule has 0 spiro atoms. The molecule has 1 aromatic rings. The van der Waals surface area contributed by atoms with Gasteiger partial charge in [0.25, 0.3) is 0 Å². The van der Waals surface area contributed by atoms with Gasteiger partial charge < -0.3 is 10.6 Å². The summed E-state index contributed by atoms with van der Waals surface area (Å²) < 4.78 is 0. The van der Waals surface area contributed by atoms with Crippen LogP contribution in [-0.4, -0.2) is 28.5 Å². The van der Waals surface area contributed by atoms with E-state index in [9.17, 15) is 4.79 Å². The van der Waals surface area contributed by atoms with E-state index < -0.39 is 0 Å². The topological polar surface area (TPSA) is 66.9 Å². The number of carbonyl (C=O) groups excluding carboxylic acids is 1. The quantitative estimate of drug-likeness (QED) is 0.746. The highest BCUT2D eigenvalue weighted by atomic mass is 35.5. The molecule has 2 rings (SSSR count). The number of hydrogen-bond donors (Lipinski definition) is 2. The third-order valence-electron chi connectivity index (χ3n) is 2.03. The summed E-state index contributed by atoms with van der Waals surface area (Å²) in [4.78, 5) is 19.0. The number of halogens is 1. The molecule has 5 nitrogen and oxygen atoms in total. The zero-order valence-corrected chi connectivity index (χ0v) is 8.79.